The molecule has 8 nitrogen and oxygen atoms in total. The summed E-state index contributed by atoms with van der Waals surface area (Å²) in [4.78, 5) is 22.2. The summed E-state index contributed by atoms with van der Waals surface area (Å²) in [5.41, 5.74) is 0.168. The van der Waals surface area contributed by atoms with Crippen molar-refractivity contribution in [1.29, 1.82) is 0 Å². The van der Waals surface area contributed by atoms with Crippen molar-refractivity contribution in [1.82, 2.24) is 15.0 Å². The van der Waals surface area contributed by atoms with Crippen molar-refractivity contribution >= 4 is 16.6 Å². The lowest BCUT2D eigenvalue weighted by Crippen LogP contribution is -2.26. The van der Waals surface area contributed by atoms with E-state index in [9.17, 15) is 14.9 Å². The SMILES string of the molecule is O=c1c2ccccc2nnn1COc1ccc([N+](=O)[O-])cc1. The Morgan fingerprint density at radius 3 is 2.59 bits per heavy atom. The van der Waals surface area contributed by atoms with E-state index in [4.69, 9.17) is 4.74 Å². The van der Waals surface area contributed by atoms with Crippen LogP contribution in [0.3, 0.4) is 0 Å². The Hall–Kier alpha value is -3.29. The van der Waals surface area contributed by atoms with Crippen LogP contribution in [0.4, 0.5) is 5.69 Å². The van der Waals surface area contributed by atoms with Crippen molar-refractivity contribution in [2.45, 2.75) is 6.73 Å². The molecule has 0 aliphatic carbocycles. The van der Waals surface area contributed by atoms with Crippen LogP contribution >= 0.6 is 0 Å². The highest BCUT2D eigenvalue weighted by Gasteiger charge is 2.07. The number of hydrogen-bond acceptors (Lipinski definition) is 6. The number of aromatic nitrogens is 3. The van der Waals surface area contributed by atoms with Crippen LogP contribution < -0.4 is 10.3 Å². The van der Waals surface area contributed by atoms with E-state index in [0.29, 0.717) is 16.7 Å². The maximum Gasteiger partial charge on any atom is 0.280 e. The molecule has 0 spiro atoms. The molecule has 0 fully saturated rings. The fourth-order valence-electron chi connectivity index (χ4n) is 1.91. The minimum atomic E-state index is -0.497. The molecule has 0 N–H and O–H groups in total. The predicted octanol–water partition coefficient (Wildman–Crippen LogP) is 1.74. The van der Waals surface area contributed by atoms with Crippen molar-refractivity contribution in [3.8, 4) is 5.75 Å². The number of non-ortho nitro benzene ring substituents is 1. The van der Waals surface area contributed by atoms with Gasteiger partial charge in [-0.25, -0.2) is 0 Å². The second-order valence-corrected chi connectivity index (χ2v) is 4.44. The Bertz CT molecular complexity index is 889. The molecular weight excluding hydrogens is 288 g/mol. The van der Waals surface area contributed by atoms with Crippen LogP contribution in [0.15, 0.2) is 53.3 Å². The van der Waals surface area contributed by atoms with Gasteiger partial charge in [0.25, 0.3) is 11.2 Å². The van der Waals surface area contributed by atoms with Gasteiger partial charge in [0.2, 0.25) is 0 Å². The van der Waals surface area contributed by atoms with Gasteiger partial charge in [0, 0.05) is 12.1 Å². The van der Waals surface area contributed by atoms with Crippen LogP contribution in [0, 0.1) is 10.1 Å². The zero-order chi connectivity index (χ0) is 15.5. The molecule has 0 saturated carbocycles. The average molecular weight is 298 g/mol. The second-order valence-electron chi connectivity index (χ2n) is 4.44. The molecule has 1 heterocycles. The molecule has 0 aliphatic rings. The maximum absolute atomic E-state index is 12.2. The van der Waals surface area contributed by atoms with Crippen LogP contribution in [0.2, 0.25) is 0 Å². The van der Waals surface area contributed by atoms with E-state index in [2.05, 4.69) is 10.3 Å². The van der Waals surface area contributed by atoms with Crippen LogP contribution in [0.25, 0.3) is 10.9 Å². The van der Waals surface area contributed by atoms with Crippen molar-refractivity contribution in [2.75, 3.05) is 0 Å². The summed E-state index contributed by atoms with van der Waals surface area (Å²) in [6, 6.07) is 12.4. The van der Waals surface area contributed by atoms with Gasteiger partial charge < -0.3 is 4.74 Å². The first kappa shape index (κ1) is 13.7. The monoisotopic (exact) mass is 298 g/mol. The summed E-state index contributed by atoms with van der Waals surface area (Å²) in [5, 5.41) is 18.7. The molecule has 0 bridgehead atoms. The molecule has 8 heteroatoms. The normalized spacial score (nSPS) is 10.5. The van der Waals surface area contributed by atoms with Crippen LogP contribution in [0.5, 0.6) is 5.75 Å². The van der Waals surface area contributed by atoms with Crippen LogP contribution in [-0.4, -0.2) is 19.9 Å². The lowest BCUT2D eigenvalue weighted by Gasteiger charge is -2.07. The number of nitrogens with zero attached hydrogens (tertiary/aromatic N) is 4. The number of rotatable bonds is 4. The first-order chi connectivity index (χ1) is 10.6. The van der Waals surface area contributed by atoms with Gasteiger partial charge in [-0.3, -0.25) is 14.9 Å². The number of ether oxygens (including phenoxy) is 1. The van der Waals surface area contributed by atoms with Crippen molar-refractivity contribution < 1.29 is 9.66 Å². The molecule has 2 aromatic carbocycles. The fraction of sp³-hybridized carbons (Fsp3) is 0.0714. The smallest absolute Gasteiger partial charge is 0.280 e. The highest BCUT2D eigenvalue weighted by atomic mass is 16.6. The third kappa shape index (κ3) is 2.62. The molecule has 22 heavy (non-hydrogen) atoms. The summed E-state index contributed by atoms with van der Waals surface area (Å²) < 4.78 is 6.48. The van der Waals surface area contributed by atoms with Gasteiger partial charge in [-0.2, -0.15) is 4.68 Å². The molecule has 3 rings (SSSR count). The molecule has 0 unspecified atom stereocenters. The average Bonchev–Trinajstić information content (AvgIpc) is 2.55. The first-order valence-electron chi connectivity index (χ1n) is 6.35. The van der Waals surface area contributed by atoms with Crippen LogP contribution in [-0.2, 0) is 6.73 Å². The standard InChI is InChI=1S/C14H10N4O4/c19-14-12-3-1-2-4-13(12)15-16-17(14)9-22-11-7-5-10(6-8-11)18(20)21/h1-8H,9H2. The van der Waals surface area contributed by atoms with Crippen molar-refractivity contribution in [3.63, 3.8) is 0 Å². The molecule has 0 aliphatic heterocycles. The lowest BCUT2D eigenvalue weighted by molar-refractivity contribution is -0.384. The Balaban J connectivity index is 1.80. The van der Waals surface area contributed by atoms with Gasteiger partial charge in [0.1, 0.15) is 11.3 Å². The first-order valence-corrected chi connectivity index (χ1v) is 6.35. The van der Waals surface area contributed by atoms with Gasteiger partial charge in [0.15, 0.2) is 6.73 Å². The zero-order valence-electron chi connectivity index (χ0n) is 11.2. The van der Waals surface area contributed by atoms with Gasteiger partial charge in [-0.15, -0.1) is 5.10 Å². The highest BCUT2D eigenvalue weighted by molar-refractivity contribution is 5.76. The van der Waals surface area contributed by atoms with E-state index in [1.807, 2.05) is 0 Å². The Morgan fingerprint density at radius 2 is 1.86 bits per heavy atom. The second kappa shape index (κ2) is 5.60. The van der Waals surface area contributed by atoms with E-state index < -0.39 is 4.92 Å². The van der Waals surface area contributed by atoms with Gasteiger partial charge in [0.05, 0.1) is 10.3 Å². The quantitative estimate of drug-likeness (QED) is 0.537. The Labute approximate surface area is 123 Å². The molecule has 0 radical (unpaired) electrons. The number of hydrogen-bond donors (Lipinski definition) is 0. The molecule has 0 saturated heterocycles. The predicted molar refractivity (Wildman–Crippen MR) is 77.5 cm³/mol. The number of nitro groups is 1. The fourth-order valence-corrected chi connectivity index (χ4v) is 1.91. The van der Waals surface area contributed by atoms with Gasteiger partial charge >= 0.3 is 0 Å². The van der Waals surface area contributed by atoms with Crippen LogP contribution in [0.1, 0.15) is 0 Å². The minimum absolute atomic E-state index is 0.0324. The number of benzene rings is 2. The minimum Gasteiger partial charge on any atom is -0.471 e. The molecule has 3 aromatic rings. The molecule has 1 aromatic heterocycles. The van der Waals surface area contributed by atoms with Gasteiger partial charge in [-0.05, 0) is 24.3 Å². The van der Waals surface area contributed by atoms with E-state index in [0.717, 1.165) is 4.68 Å². The summed E-state index contributed by atoms with van der Waals surface area (Å²) in [7, 11) is 0. The highest BCUT2D eigenvalue weighted by Crippen LogP contribution is 2.17. The maximum atomic E-state index is 12.2. The Kier molecular flexibility index (Phi) is 3.48. The molecular formula is C14H10N4O4. The lowest BCUT2D eigenvalue weighted by atomic mass is 10.2. The van der Waals surface area contributed by atoms with E-state index in [1.54, 1.807) is 24.3 Å². The third-order valence-electron chi connectivity index (χ3n) is 3.03. The largest absolute Gasteiger partial charge is 0.471 e. The topological polar surface area (TPSA) is 100 Å². The van der Waals surface area contributed by atoms with E-state index >= 15 is 0 Å². The van der Waals surface area contributed by atoms with E-state index in [-0.39, 0.29) is 18.0 Å². The van der Waals surface area contributed by atoms with Gasteiger partial charge in [-0.1, -0.05) is 17.3 Å². The number of fused-ring (bicyclic) bond motifs is 1. The molecule has 110 valence electrons. The summed E-state index contributed by atoms with van der Waals surface area (Å²) >= 11 is 0. The molecule has 0 atom stereocenters. The Morgan fingerprint density at radius 1 is 1.14 bits per heavy atom. The summed E-state index contributed by atoms with van der Waals surface area (Å²) in [6.07, 6.45) is 0. The van der Waals surface area contributed by atoms with Crippen molar-refractivity contribution in [2.24, 2.45) is 0 Å². The van der Waals surface area contributed by atoms with Crippen molar-refractivity contribution in [3.05, 3.63) is 69.0 Å². The number of nitro benzene ring substituents is 1. The molecule has 0 amide bonds. The zero-order valence-corrected chi connectivity index (χ0v) is 11.2. The van der Waals surface area contributed by atoms with E-state index in [1.165, 1.54) is 24.3 Å². The summed E-state index contributed by atoms with van der Waals surface area (Å²) in [6.45, 7) is -0.130. The summed E-state index contributed by atoms with van der Waals surface area (Å²) in [5.74, 6) is 0.396. The third-order valence-corrected chi connectivity index (χ3v) is 3.03.